The first-order chi connectivity index (χ1) is 16.6. The molecule has 1 aliphatic heterocycles. The Bertz CT molecular complexity index is 910. The summed E-state index contributed by atoms with van der Waals surface area (Å²) >= 11 is 0. The van der Waals surface area contributed by atoms with E-state index in [2.05, 4.69) is 46.8 Å². The number of hydrogen-bond donors (Lipinski definition) is 3. The minimum atomic E-state index is -0.346. The first-order valence-corrected chi connectivity index (χ1v) is 12.4. The fourth-order valence-electron chi connectivity index (χ4n) is 4.03. The summed E-state index contributed by atoms with van der Waals surface area (Å²) in [5, 5.41) is 9.02. The van der Waals surface area contributed by atoms with Gasteiger partial charge in [-0.15, -0.1) is 0 Å². The van der Waals surface area contributed by atoms with E-state index in [4.69, 9.17) is 4.74 Å². The monoisotopic (exact) mass is 466 g/mol. The Morgan fingerprint density at radius 3 is 2.62 bits per heavy atom. The summed E-state index contributed by atoms with van der Waals surface area (Å²) in [6.07, 6.45) is 4.55. The van der Waals surface area contributed by atoms with Gasteiger partial charge < -0.3 is 20.7 Å². The minimum absolute atomic E-state index is 0.251. The smallest absolute Gasteiger partial charge is 0.338 e. The third kappa shape index (κ3) is 8.47. The fourth-order valence-corrected chi connectivity index (χ4v) is 4.03. The summed E-state index contributed by atoms with van der Waals surface area (Å²) in [6, 6.07) is 15.1. The summed E-state index contributed by atoms with van der Waals surface area (Å²) in [6.45, 7) is 9.26. The molecule has 2 aromatic carbocycles. The molecule has 0 aliphatic carbocycles. The van der Waals surface area contributed by atoms with Gasteiger partial charge in [0.2, 0.25) is 0 Å². The number of carbonyl (C=O) groups excluding carboxylic acids is 2. The highest BCUT2D eigenvalue weighted by molar-refractivity contribution is 5.92. The third-order valence-corrected chi connectivity index (χ3v) is 6.08. The molecule has 1 unspecified atom stereocenters. The maximum Gasteiger partial charge on any atom is 0.338 e. The van der Waals surface area contributed by atoms with Gasteiger partial charge in [-0.1, -0.05) is 44.5 Å². The zero-order valence-corrected chi connectivity index (χ0v) is 20.4. The van der Waals surface area contributed by atoms with E-state index in [9.17, 15) is 9.59 Å². The fraction of sp³-hybridized carbons (Fsp3) is 0.481. The molecule has 3 N–H and O–H groups in total. The van der Waals surface area contributed by atoms with Crippen LogP contribution in [0.5, 0.6) is 0 Å². The molecule has 3 rings (SSSR count). The van der Waals surface area contributed by atoms with Crippen molar-refractivity contribution < 1.29 is 14.3 Å². The van der Waals surface area contributed by atoms with Crippen molar-refractivity contribution in [2.45, 2.75) is 58.7 Å². The Morgan fingerprint density at radius 1 is 1.12 bits per heavy atom. The van der Waals surface area contributed by atoms with Crippen molar-refractivity contribution in [1.82, 2.24) is 15.5 Å². The summed E-state index contributed by atoms with van der Waals surface area (Å²) in [5.41, 5.74) is 3.41. The molecule has 2 aromatic rings. The first-order valence-electron chi connectivity index (χ1n) is 12.4. The first kappa shape index (κ1) is 25.7. The van der Waals surface area contributed by atoms with Crippen LogP contribution in [0.1, 0.15) is 61.0 Å². The highest BCUT2D eigenvalue weighted by Crippen LogP contribution is 2.13. The zero-order valence-electron chi connectivity index (χ0n) is 20.4. The number of anilines is 1. The quantitative estimate of drug-likeness (QED) is 0.400. The number of benzene rings is 2. The van der Waals surface area contributed by atoms with Gasteiger partial charge in [-0.2, -0.15) is 0 Å². The number of esters is 1. The van der Waals surface area contributed by atoms with Crippen molar-refractivity contribution in [3.63, 3.8) is 0 Å². The molecule has 0 spiro atoms. The van der Waals surface area contributed by atoms with Crippen molar-refractivity contribution in [2.24, 2.45) is 0 Å². The predicted octanol–water partition coefficient (Wildman–Crippen LogP) is 4.54. The molecule has 1 fully saturated rings. The minimum Gasteiger partial charge on any atom is -0.460 e. The number of amides is 2. The van der Waals surface area contributed by atoms with Crippen molar-refractivity contribution in [1.29, 1.82) is 0 Å². The van der Waals surface area contributed by atoms with Crippen molar-refractivity contribution in [3.8, 4) is 0 Å². The molecule has 1 aliphatic rings. The van der Waals surface area contributed by atoms with E-state index in [1.807, 2.05) is 12.1 Å². The Labute approximate surface area is 203 Å². The Balaban J connectivity index is 1.43. The lowest BCUT2D eigenvalue weighted by molar-refractivity contribution is 0.0473. The van der Waals surface area contributed by atoms with Crippen LogP contribution >= 0.6 is 0 Å². The van der Waals surface area contributed by atoms with E-state index < -0.39 is 0 Å². The molecule has 0 bridgehead atoms. The normalized spacial score (nSPS) is 15.3. The number of nitrogens with zero attached hydrogens (tertiary/aromatic N) is 1. The molecule has 7 heteroatoms. The molecule has 2 amide bonds. The van der Waals surface area contributed by atoms with Crippen LogP contribution in [-0.2, 0) is 17.8 Å². The van der Waals surface area contributed by atoms with Gasteiger partial charge in [-0.3, -0.25) is 4.90 Å². The van der Waals surface area contributed by atoms with Gasteiger partial charge in [0, 0.05) is 24.8 Å². The number of urea groups is 1. The molecule has 184 valence electrons. The second kappa shape index (κ2) is 13.7. The molecule has 7 nitrogen and oxygen atoms in total. The zero-order chi connectivity index (χ0) is 24.2. The molecule has 1 saturated heterocycles. The molecule has 0 radical (unpaired) electrons. The Morgan fingerprint density at radius 2 is 1.91 bits per heavy atom. The third-order valence-electron chi connectivity index (χ3n) is 6.08. The highest BCUT2D eigenvalue weighted by atomic mass is 16.5. The van der Waals surface area contributed by atoms with Gasteiger partial charge in [-0.25, -0.2) is 9.59 Å². The van der Waals surface area contributed by atoms with Crippen LogP contribution in [0.15, 0.2) is 48.5 Å². The van der Waals surface area contributed by atoms with Gasteiger partial charge in [0.05, 0.1) is 5.56 Å². The lowest BCUT2D eigenvalue weighted by atomic mass is 10.1. The number of ether oxygens (including phenoxy) is 1. The van der Waals surface area contributed by atoms with E-state index in [0.717, 1.165) is 44.6 Å². The van der Waals surface area contributed by atoms with Crippen LogP contribution in [-0.4, -0.2) is 49.2 Å². The van der Waals surface area contributed by atoms with Crippen LogP contribution in [0, 0.1) is 0 Å². The average molecular weight is 467 g/mol. The van der Waals surface area contributed by atoms with Crippen LogP contribution < -0.4 is 16.0 Å². The van der Waals surface area contributed by atoms with E-state index in [1.54, 1.807) is 24.3 Å². The maximum atomic E-state index is 12.4. The van der Waals surface area contributed by atoms with Gasteiger partial charge in [0.15, 0.2) is 0 Å². The van der Waals surface area contributed by atoms with Crippen LogP contribution in [0.2, 0.25) is 0 Å². The molecule has 0 saturated carbocycles. The Hall–Kier alpha value is -2.90. The van der Waals surface area contributed by atoms with Crippen molar-refractivity contribution in [3.05, 3.63) is 65.2 Å². The largest absolute Gasteiger partial charge is 0.460 e. The molecule has 0 aromatic heterocycles. The molecule has 34 heavy (non-hydrogen) atoms. The summed E-state index contributed by atoms with van der Waals surface area (Å²) in [7, 11) is 0. The van der Waals surface area contributed by atoms with Gasteiger partial charge in [0.25, 0.3) is 0 Å². The van der Waals surface area contributed by atoms with Crippen molar-refractivity contribution >= 4 is 17.7 Å². The second-order valence-electron chi connectivity index (χ2n) is 8.82. The number of nitrogens with one attached hydrogen (secondary N) is 3. The lowest BCUT2D eigenvalue weighted by Crippen LogP contribution is -2.28. The van der Waals surface area contributed by atoms with Gasteiger partial charge in [0.1, 0.15) is 6.61 Å². The molecule has 1 atom stereocenters. The van der Waals surface area contributed by atoms with Gasteiger partial charge >= 0.3 is 12.0 Å². The van der Waals surface area contributed by atoms with E-state index in [0.29, 0.717) is 24.4 Å². The standard InChI is InChI=1S/C27H38N4O3/c1-3-5-16-31(4-2)19-22-9-6-8-21(17-22)18-29-27(33)30-24-13-11-23(12-14-24)26(32)34-20-25-10-7-15-28-25/h6,8-9,11-14,17,25,28H,3-5,7,10,15-16,18-20H2,1-2H3,(H2,29,30,33). The van der Waals surface area contributed by atoms with Crippen LogP contribution in [0.3, 0.4) is 0 Å². The summed E-state index contributed by atoms with van der Waals surface area (Å²) in [5.74, 6) is -0.346. The maximum absolute atomic E-state index is 12.4. The molecular formula is C27H38N4O3. The SMILES string of the molecule is CCCCN(CC)Cc1cccc(CNC(=O)Nc2ccc(C(=O)OCC3CCCN3)cc2)c1. The van der Waals surface area contributed by atoms with Gasteiger partial charge in [-0.05, 0) is 74.3 Å². The number of rotatable bonds is 12. The lowest BCUT2D eigenvalue weighted by Gasteiger charge is -2.20. The molecule has 1 heterocycles. The van der Waals surface area contributed by atoms with E-state index in [1.165, 1.54) is 18.4 Å². The number of hydrogen-bond acceptors (Lipinski definition) is 5. The predicted molar refractivity (Wildman–Crippen MR) is 136 cm³/mol. The number of carbonyl (C=O) groups is 2. The Kier molecular flexibility index (Phi) is 10.4. The average Bonchev–Trinajstić information content (AvgIpc) is 3.38. The van der Waals surface area contributed by atoms with E-state index >= 15 is 0 Å². The number of unbranched alkanes of at least 4 members (excludes halogenated alkanes) is 1. The summed E-state index contributed by atoms with van der Waals surface area (Å²) in [4.78, 5) is 27.0. The van der Waals surface area contributed by atoms with Crippen molar-refractivity contribution in [2.75, 3.05) is 31.6 Å². The van der Waals surface area contributed by atoms with E-state index in [-0.39, 0.29) is 18.0 Å². The second-order valence-corrected chi connectivity index (χ2v) is 8.82. The molecular weight excluding hydrogens is 428 g/mol. The topological polar surface area (TPSA) is 82.7 Å². The van der Waals surface area contributed by atoms with Crippen LogP contribution in [0.25, 0.3) is 0 Å². The van der Waals surface area contributed by atoms with Crippen LogP contribution in [0.4, 0.5) is 10.5 Å². The highest BCUT2D eigenvalue weighted by Gasteiger charge is 2.16. The summed E-state index contributed by atoms with van der Waals surface area (Å²) < 4.78 is 5.38.